The molecule has 5 heteroatoms. The Morgan fingerprint density at radius 2 is 0.902 bits per heavy atom. The molecule has 3 atom stereocenters. The summed E-state index contributed by atoms with van der Waals surface area (Å²) in [7, 11) is 0. The molecule has 0 aliphatic heterocycles. The van der Waals surface area contributed by atoms with E-state index in [2.05, 4.69) is 67.8 Å². The molecule has 4 N–H and O–H groups in total. The Labute approximate surface area is 316 Å². The third-order valence-corrected chi connectivity index (χ3v) is 9.53. The van der Waals surface area contributed by atoms with Crippen LogP contribution < -0.4 is 5.32 Å². The molecular weight excluding hydrogens is 631 g/mol. The predicted octanol–water partition coefficient (Wildman–Crippen LogP) is 12.3. The minimum atomic E-state index is -0.967. The second-order valence-corrected chi connectivity index (χ2v) is 14.6. The molecule has 0 radical (unpaired) electrons. The summed E-state index contributed by atoms with van der Waals surface area (Å²) in [4.78, 5) is 12.4. The molecule has 0 rings (SSSR count). The number of nitrogens with one attached hydrogen (secondary N) is 1. The molecule has 0 aliphatic carbocycles. The Bertz CT molecular complexity index is 876. The van der Waals surface area contributed by atoms with Crippen molar-refractivity contribution in [2.75, 3.05) is 6.61 Å². The first kappa shape index (κ1) is 49.0. The number of carbonyl (C=O) groups excluding carboxylic acids is 1. The first-order valence-corrected chi connectivity index (χ1v) is 21.6. The first-order chi connectivity index (χ1) is 25.0. The summed E-state index contributed by atoms with van der Waals surface area (Å²) in [6.45, 7) is 4.15. The number of allylic oxidation sites excluding steroid dienone is 9. The van der Waals surface area contributed by atoms with E-state index >= 15 is 0 Å². The zero-order valence-corrected chi connectivity index (χ0v) is 33.5. The molecule has 0 aromatic rings. The van der Waals surface area contributed by atoms with Crippen molar-refractivity contribution >= 4 is 5.91 Å². The van der Waals surface area contributed by atoms with Crippen LogP contribution in [-0.2, 0) is 4.79 Å². The van der Waals surface area contributed by atoms with Crippen molar-refractivity contribution in [3.05, 3.63) is 60.8 Å². The van der Waals surface area contributed by atoms with E-state index in [1.54, 1.807) is 6.08 Å². The lowest BCUT2D eigenvalue weighted by Gasteiger charge is -2.20. The van der Waals surface area contributed by atoms with Crippen LogP contribution in [0, 0.1) is 0 Å². The largest absolute Gasteiger partial charge is 0.394 e. The van der Waals surface area contributed by atoms with Crippen molar-refractivity contribution in [2.24, 2.45) is 0 Å². The van der Waals surface area contributed by atoms with Crippen LogP contribution in [0.15, 0.2) is 60.8 Å². The van der Waals surface area contributed by atoms with Gasteiger partial charge in [-0.3, -0.25) is 4.79 Å². The summed E-state index contributed by atoms with van der Waals surface area (Å²) in [6.07, 6.45) is 53.6. The molecular formula is C46H83NO4. The van der Waals surface area contributed by atoms with Gasteiger partial charge in [0, 0.05) is 0 Å². The molecule has 0 saturated carbocycles. The Hall–Kier alpha value is -1.95. The van der Waals surface area contributed by atoms with Crippen LogP contribution in [0.1, 0.15) is 200 Å². The van der Waals surface area contributed by atoms with Gasteiger partial charge >= 0.3 is 0 Å². The SMILES string of the molecule is CCCCC/C=C\C=C/CCCCCCC(O)CC(=O)NC(CO)C(O)/C=C/CC/C=C/CC/C=C/CCCCCCCCCCCCCCC. The monoisotopic (exact) mass is 714 g/mol. The van der Waals surface area contributed by atoms with Crippen molar-refractivity contribution in [2.45, 2.75) is 218 Å². The van der Waals surface area contributed by atoms with Crippen LogP contribution in [0.3, 0.4) is 0 Å². The van der Waals surface area contributed by atoms with E-state index in [0.29, 0.717) is 6.42 Å². The molecule has 0 spiro atoms. The third-order valence-electron chi connectivity index (χ3n) is 9.53. The van der Waals surface area contributed by atoms with Crippen LogP contribution in [0.5, 0.6) is 0 Å². The number of hydrogen-bond acceptors (Lipinski definition) is 4. The topological polar surface area (TPSA) is 89.8 Å². The van der Waals surface area contributed by atoms with Gasteiger partial charge in [0.1, 0.15) is 0 Å². The lowest BCUT2D eigenvalue weighted by atomic mass is 10.0. The number of aliphatic hydroxyl groups is 3. The number of aliphatic hydroxyl groups excluding tert-OH is 3. The maximum atomic E-state index is 12.4. The summed E-state index contributed by atoms with van der Waals surface area (Å²) >= 11 is 0. The van der Waals surface area contributed by atoms with E-state index in [0.717, 1.165) is 64.2 Å². The van der Waals surface area contributed by atoms with E-state index in [1.807, 2.05) is 6.08 Å². The van der Waals surface area contributed by atoms with Crippen LogP contribution in [0.4, 0.5) is 0 Å². The summed E-state index contributed by atoms with van der Waals surface area (Å²) in [5, 5.41) is 33.1. The maximum absolute atomic E-state index is 12.4. The quantitative estimate of drug-likeness (QED) is 0.0291. The molecule has 0 saturated heterocycles. The number of carbonyl (C=O) groups is 1. The first-order valence-electron chi connectivity index (χ1n) is 21.6. The second-order valence-electron chi connectivity index (χ2n) is 14.6. The van der Waals surface area contributed by atoms with Gasteiger partial charge in [0.05, 0.1) is 31.3 Å². The van der Waals surface area contributed by atoms with Gasteiger partial charge in [-0.25, -0.2) is 0 Å². The molecule has 0 bridgehead atoms. The Morgan fingerprint density at radius 3 is 1.41 bits per heavy atom. The van der Waals surface area contributed by atoms with Gasteiger partial charge in [0.15, 0.2) is 0 Å². The Morgan fingerprint density at radius 1 is 0.510 bits per heavy atom. The molecule has 5 nitrogen and oxygen atoms in total. The molecule has 0 heterocycles. The van der Waals surface area contributed by atoms with E-state index < -0.39 is 18.2 Å². The number of rotatable bonds is 38. The van der Waals surface area contributed by atoms with Gasteiger partial charge in [-0.1, -0.05) is 184 Å². The van der Waals surface area contributed by atoms with Gasteiger partial charge in [-0.2, -0.15) is 0 Å². The van der Waals surface area contributed by atoms with Crippen LogP contribution in [0.2, 0.25) is 0 Å². The minimum absolute atomic E-state index is 0.0142. The van der Waals surface area contributed by atoms with Gasteiger partial charge in [0.2, 0.25) is 5.91 Å². The van der Waals surface area contributed by atoms with Gasteiger partial charge < -0.3 is 20.6 Å². The summed E-state index contributed by atoms with van der Waals surface area (Å²) in [5.74, 6) is -0.344. The van der Waals surface area contributed by atoms with E-state index in [-0.39, 0.29) is 18.9 Å². The minimum Gasteiger partial charge on any atom is -0.394 e. The number of unbranched alkanes of at least 4 members (excludes halogenated alkanes) is 22. The fourth-order valence-electron chi connectivity index (χ4n) is 6.18. The van der Waals surface area contributed by atoms with Crippen LogP contribution in [0.25, 0.3) is 0 Å². The fourth-order valence-corrected chi connectivity index (χ4v) is 6.18. The molecule has 0 aliphatic rings. The van der Waals surface area contributed by atoms with Crippen LogP contribution >= 0.6 is 0 Å². The van der Waals surface area contributed by atoms with Crippen molar-refractivity contribution in [1.82, 2.24) is 5.32 Å². The zero-order chi connectivity index (χ0) is 37.3. The number of amides is 1. The standard InChI is InChI=1S/C46H83NO4/c1-3-5-7-9-11-13-15-17-18-19-20-21-22-23-24-25-26-28-30-32-34-36-38-40-45(50)44(42-48)47-46(51)41-43(49)39-37-35-33-31-29-27-16-14-12-10-8-6-4-2/h12,14,16,24-25,27,30,32,38,40,43-45,48-50H,3-11,13,15,17-23,26,28-29,31,33-37,39,41-42H2,1-2H3,(H,47,51)/b14-12-,25-24+,27-16-,32-30+,40-38+. The molecule has 296 valence electrons. The second kappa shape index (κ2) is 40.8. The zero-order valence-electron chi connectivity index (χ0n) is 33.5. The molecule has 3 unspecified atom stereocenters. The number of hydrogen-bond donors (Lipinski definition) is 4. The van der Waals surface area contributed by atoms with Crippen molar-refractivity contribution in [1.29, 1.82) is 0 Å². The van der Waals surface area contributed by atoms with Gasteiger partial charge in [-0.05, 0) is 70.6 Å². The van der Waals surface area contributed by atoms with Crippen molar-refractivity contribution in [3.8, 4) is 0 Å². The van der Waals surface area contributed by atoms with Crippen LogP contribution in [-0.4, -0.2) is 46.1 Å². The van der Waals surface area contributed by atoms with E-state index in [9.17, 15) is 20.1 Å². The van der Waals surface area contributed by atoms with Gasteiger partial charge in [0.25, 0.3) is 0 Å². The maximum Gasteiger partial charge on any atom is 0.222 e. The summed E-state index contributed by atoms with van der Waals surface area (Å²) in [6, 6.07) is -0.776. The molecule has 51 heavy (non-hydrogen) atoms. The Kier molecular flexibility index (Phi) is 39.3. The van der Waals surface area contributed by atoms with Crippen molar-refractivity contribution < 1.29 is 20.1 Å². The van der Waals surface area contributed by atoms with Crippen molar-refractivity contribution in [3.63, 3.8) is 0 Å². The lowest BCUT2D eigenvalue weighted by Crippen LogP contribution is -2.45. The summed E-state index contributed by atoms with van der Waals surface area (Å²) < 4.78 is 0. The predicted molar refractivity (Wildman–Crippen MR) is 222 cm³/mol. The van der Waals surface area contributed by atoms with Gasteiger partial charge in [-0.15, -0.1) is 0 Å². The smallest absolute Gasteiger partial charge is 0.222 e. The molecule has 0 aromatic carbocycles. The highest BCUT2D eigenvalue weighted by atomic mass is 16.3. The Balaban J connectivity index is 3.78. The third kappa shape index (κ3) is 37.6. The highest BCUT2D eigenvalue weighted by Crippen LogP contribution is 2.14. The lowest BCUT2D eigenvalue weighted by molar-refractivity contribution is -0.124. The average Bonchev–Trinajstić information content (AvgIpc) is 3.12. The normalized spacial score (nSPS) is 14.2. The molecule has 0 aromatic heterocycles. The van der Waals surface area contributed by atoms with E-state index in [4.69, 9.17) is 0 Å². The van der Waals surface area contributed by atoms with E-state index in [1.165, 1.54) is 109 Å². The molecule has 1 amide bonds. The highest BCUT2D eigenvalue weighted by molar-refractivity contribution is 5.76. The average molecular weight is 714 g/mol. The molecule has 0 fully saturated rings. The summed E-state index contributed by atoms with van der Waals surface area (Å²) in [5.41, 5.74) is 0. The fraction of sp³-hybridized carbons (Fsp3) is 0.761. The highest BCUT2D eigenvalue weighted by Gasteiger charge is 2.20.